The molecule has 0 saturated carbocycles. The Labute approximate surface area is 198 Å². The zero-order valence-corrected chi connectivity index (χ0v) is 19.0. The minimum absolute atomic E-state index is 0.130. The number of hydrazone groups is 1. The highest BCUT2D eigenvalue weighted by Gasteiger charge is 2.11. The molecule has 34 heavy (non-hydrogen) atoms. The van der Waals surface area contributed by atoms with Gasteiger partial charge >= 0.3 is 11.8 Å². The van der Waals surface area contributed by atoms with Crippen LogP contribution in [0.25, 0.3) is 0 Å². The van der Waals surface area contributed by atoms with Crippen molar-refractivity contribution in [2.24, 2.45) is 5.10 Å². The minimum atomic E-state index is -0.858. The summed E-state index contributed by atoms with van der Waals surface area (Å²) in [5, 5.41) is 9.11. The van der Waals surface area contributed by atoms with Crippen LogP contribution >= 0.6 is 0 Å². The van der Waals surface area contributed by atoms with Gasteiger partial charge in [0.15, 0.2) is 6.61 Å². The fourth-order valence-electron chi connectivity index (χ4n) is 2.90. The average Bonchev–Trinajstić information content (AvgIpc) is 2.83. The third-order valence-corrected chi connectivity index (χ3v) is 4.71. The number of hydrogen-bond donors (Lipinski definition) is 3. The molecule has 3 amide bonds. The zero-order valence-electron chi connectivity index (χ0n) is 19.0. The molecule has 0 aromatic heterocycles. The molecule has 0 heterocycles. The number of amides is 3. The Morgan fingerprint density at radius 3 is 2.32 bits per heavy atom. The molecule has 0 aliphatic rings. The lowest BCUT2D eigenvalue weighted by Gasteiger charge is -2.08. The number of nitrogens with one attached hydrogen (secondary N) is 3. The Kier molecular flexibility index (Phi) is 8.51. The first-order valence-electron chi connectivity index (χ1n) is 10.7. The molecule has 174 valence electrons. The highest BCUT2D eigenvalue weighted by Crippen LogP contribution is 2.12. The Balaban J connectivity index is 1.39. The Morgan fingerprint density at radius 2 is 1.62 bits per heavy atom. The molecule has 0 unspecified atom stereocenters. The van der Waals surface area contributed by atoms with Gasteiger partial charge in [-0.15, -0.1) is 0 Å². The molecular formula is C26H26N4O4. The summed E-state index contributed by atoms with van der Waals surface area (Å²) in [6.45, 7) is 4.04. The second-order valence-corrected chi connectivity index (χ2v) is 7.64. The van der Waals surface area contributed by atoms with E-state index in [-0.39, 0.29) is 19.1 Å². The van der Waals surface area contributed by atoms with Gasteiger partial charge in [0.1, 0.15) is 5.75 Å². The van der Waals surface area contributed by atoms with Crippen molar-refractivity contribution in [2.45, 2.75) is 20.4 Å². The van der Waals surface area contributed by atoms with E-state index in [1.54, 1.807) is 24.3 Å². The molecule has 0 saturated heterocycles. The van der Waals surface area contributed by atoms with Gasteiger partial charge in [-0.3, -0.25) is 14.4 Å². The van der Waals surface area contributed by atoms with Gasteiger partial charge in [-0.25, -0.2) is 5.43 Å². The van der Waals surface area contributed by atoms with E-state index in [0.717, 1.165) is 16.7 Å². The summed E-state index contributed by atoms with van der Waals surface area (Å²) in [6, 6.07) is 21.9. The van der Waals surface area contributed by atoms with E-state index < -0.39 is 11.8 Å². The molecular weight excluding hydrogens is 432 g/mol. The molecule has 0 aliphatic carbocycles. The molecule has 0 bridgehead atoms. The Hall–Kier alpha value is -4.46. The molecule has 0 radical (unpaired) electrons. The first kappa shape index (κ1) is 24.2. The van der Waals surface area contributed by atoms with Crippen LogP contribution in [-0.4, -0.2) is 30.5 Å². The molecule has 8 heteroatoms. The van der Waals surface area contributed by atoms with Gasteiger partial charge < -0.3 is 15.4 Å². The predicted molar refractivity (Wildman–Crippen MR) is 131 cm³/mol. The second kappa shape index (κ2) is 12.0. The lowest BCUT2D eigenvalue weighted by molar-refractivity contribution is -0.139. The van der Waals surface area contributed by atoms with Crippen molar-refractivity contribution in [2.75, 3.05) is 11.9 Å². The van der Waals surface area contributed by atoms with Crippen LogP contribution in [0.4, 0.5) is 5.69 Å². The Morgan fingerprint density at radius 1 is 0.882 bits per heavy atom. The van der Waals surface area contributed by atoms with Gasteiger partial charge in [-0.1, -0.05) is 42.0 Å². The number of benzene rings is 3. The standard InChI is InChI=1S/C26H26N4O4/c1-18-6-8-20(9-7-18)15-27-25(32)26(33)30-28-16-21-10-12-23(13-11-21)34-17-24(31)29-22-5-3-4-19(2)14-22/h3-14,16H,15,17H2,1-2H3,(H,27,32)(H,29,31)(H,30,33)/b28-16-. The first-order chi connectivity index (χ1) is 16.4. The monoisotopic (exact) mass is 458 g/mol. The van der Waals surface area contributed by atoms with E-state index >= 15 is 0 Å². The molecule has 0 spiro atoms. The number of anilines is 1. The number of aryl methyl sites for hydroxylation is 2. The first-order valence-corrected chi connectivity index (χ1v) is 10.7. The lowest BCUT2D eigenvalue weighted by Crippen LogP contribution is -2.37. The van der Waals surface area contributed by atoms with Crippen molar-refractivity contribution in [3.8, 4) is 5.75 Å². The quantitative estimate of drug-likeness (QED) is 0.274. The van der Waals surface area contributed by atoms with Crippen LogP contribution in [0.1, 0.15) is 22.3 Å². The van der Waals surface area contributed by atoms with Crippen molar-refractivity contribution in [3.63, 3.8) is 0 Å². The van der Waals surface area contributed by atoms with Gasteiger partial charge in [0.25, 0.3) is 5.91 Å². The van der Waals surface area contributed by atoms with Crippen LogP contribution in [0.5, 0.6) is 5.75 Å². The van der Waals surface area contributed by atoms with Gasteiger partial charge in [0, 0.05) is 12.2 Å². The van der Waals surface area contributed by atoms with Crippen LogP contribution in [0, 0.1) is 13.8 Å². The van der Waals surface area contributed by atoms with Crippen LogP contribution in [0.15, 0.2) is 77.9 Å². The number of hydrogen-bond acceptors (Lipinski definition) is 5. The summed E-state index contributed by atoms with van der Waals surface area (Å²) in [4.78, 5) is 35.8. The fourth-order valence-corrected chi connectivity index (χ4v) is 2.90. The number of rotatable bonds is 8. The van der Waals surface area contributed by atoms with Gasteiger partial charge in [-0.2, -0.15) is 5.10 Å². The molecule has 0 atom stereocenters. The molecule has 3 aromatic rings. The summed E-state index contributed by atoms with van der Waals surface area (Å²) in [5.74, 6) is -1.39. The molecule has 3 rings (SSSR count). The largest absolute Gasteiger partial charge is 0.484 e. The Bertz CT molecular complexity index is 1170. The molecule has 0 aliphatic heterocycles. The van der Waals surface area contributed by atoms with Crippen molar-refractivity contribution < 1.29 is 19.1 Å². The third-order valence-electron chi connectivity index (χ3n) is 4.71. The van der Waals surface area contributed by atoms with Crippen molar-refractivity contribution >= 4 is 29.6 Å². The highest BCUT2D eigenvalue weighted by molar-refractivity contribution is 6.35. The van der Waals surface area contributed by atoms with Crippen molar-refractivity contribution in [3.05, 3.63) is 95.1 Å². The summed E-state index contributed by atoms with van der Waals surface area (Å²) < 4.78 is 5.49. The van der Waals surface area contributed by atoms with Gasteiger partial charge in [-0.05, 0) is 66.9 Å². The molecule has 8 nitrogen and oxygen atoms in total. The van der Waals surface area contributed by atoms with E-state index in [1.807, 2.05) is 62.4 Å². The number of carbonyl (C=O) groups excluding carboxylic acids is 3. The van der Waals surface area contributed by atoms with E-state index in [2.05, 4.69) is 21.2 Å². The zero-order chi connectivity index (χ0) is 24.3. The van der Waals surface area contributed by atoms with Crippen LogP contribution in [0.2, 0.25) is 0 Å². The minimum Gasteiger partial charge on any atom is -0.484 e. The molecule has 0 fully saturated rings. The predicted octanol–water partition coefficient (Wildman–Crippen LogP) is 3.09. The van der Waals surface area contributed by atoms with Gasteiger partial charge in [0.2, 0.25) is 0 Å². The fraction of sp³-hybridized carbons (Fsp3) is 0.154. The van der Waals surface area contributed by atoms with Gasteiger partial charge in [0.05, 0.1) is 6.21 Å². The highest BCUT2D eigenvalue weighted by atomic mass is 16.5. The van der Waals surface area contributed by atoms with E-state index in [4.69, 9.17) is 4.74 Å². The number of carbonyl (C=O) groups is 3. The van der Waals surface area contributed by atoms with E-state index in [1.165, 1.54) is 6.21 Å². The number of ether oxygens (including phenoxy) is 1. The van der Waals surface area contributed by atoms with Crippen LogP contribution in [0.3, 0.4) is 0 Å². The smallest absolute Gasteiger partial charge is 0.329 e. The maximum atomic E-state index is 12.0. The van der Waals surface area contributed by atoms with Crippen molar-refractivity contribution in [1.82, 2.24) is 10.7 Å². The molecule has 3 N–H and O–H groups in total. The van der Waals surface area contributed by atoms with Crippen LogP contribution in [-0.2, 0) is 20.9 Å². The SMILES string of the molecule is Cc1ccc(CNC(=O)C(=O)N/N=C\c2ccc(OCC(=O)Nc3cccc(C)c3)cc2)cc1. The number of nitrogens with zero attached hydrogens (tertiary/aromatic N) is 1. The maximum Gasteiger partial charge on any atom is 0.329 e. The van der Waals surface area contributed by atoms with Crippen LogP contribution < -0.4 is 20.8 Å². The molecule has 3 aromatic carbocycles. The van der Waals surface area contributed by atoms with Crippen molar-refractivity contribution in [1.29, 1.82) is 0 Å². The van der Waals surface area contributed by atoms with E-state index in [9.17, 15) is 14.4 Å². The normalized spacial score (nSPS) is 10.5. The average molecular weight is 459 g/mol. The maximum absolute atomic E-state index is 12.0. The topological polar surface area (TPSA) is 109 Å². The lowest BCUT2D eigenvalue weighted by atomic mass is 10.1. The summed E-state index contributed by atoms with van der Waals surface area (Å²) >= 11 is 0. The second-order valence-electron chi connectivity index (χ2n) is 7.64. The summed E-state index contributed by atoms with van der Waals surface area (Å²) in [6.07, 6.45) is 1.40. The summed E-state index contributed by atoms with van der Waals surface area (Å²) in [7, 11) is 0. The third kappa shape index (κ3) is 7.90. The summed E-state index contributed by atoms with van der Waals surface area (Å²) in [5.41, 5.74) is 6.64. The van der Waals surface area contributed by atoms with E-state index in [0.29, 0.717) is 17.0 Å².